The normalized spacial score (nSPS) is 15.1. The van der Waals surface area contributed by atoms with Gasteiger partial charge in [0.05, 0.1) is 24.0 Å². The molecular weight excluding hydrogens is 470 g/mol. The van der Waals surface area contributed by atoms with Crippen LogP contribution < -0.4 is 10.6 Å². The number of carbonyl (C=O) groups is 3. The lowest BCUT2D eigenvalue weighted by atomic mass is 10.1. The predicted molar refractivity (Wildman–Crippen MR) is 139 cm³/mol. The molecule has 1 unspecified atom stereocenters. The van der Waals surface area contributed by atoms with Gasteiger partial charge in [-0.2, -0.15) is 0 Å². The Bertz CT molecular complexity index is 1420. The third-order valence-corrected chi connectivity index (χ3v) is 6.41. The number of aliphatic carboxylic acids is 1. The summed E-state index contributed by atoms with van der Waals surface area (Å²) in [6, 6.07) is 21.7. The summed E-state index contributed by atoms with van der Waals surface area (Å²) in [5, 5.41) is 15.3. The molecule has 1 atom stereocenters. The number of carbonyl (C=O) groups excluding carboxylic acids is 2. The summed E-state index contributed by atoms with van der Waals surface area (Å²) in [6.07, 6.45) is 0.305. The second kappa shape index (κ2) is 10.5. The Morgan fingerprint density at radius 1 is 1.05 bits per heavy atom. The molecule has 0 radical (unpaired) electrons. The number of nitrogens with zero attached hydrogens (tertiary/aromatic N) is 2. The number of para-hydroxylation sites is 2. The van der Waals surface area contributed by atoms with Crippen molar-refractivity contribution in [3.8, 4) is 0 Å². The first kappa shape index (κ1) is 24.1. The monoisotopic (exact) mass is 497 g/mol. The molecule has 0 aliphatic carbocycles. The highest BCUT2D eigenvalue weighted by molar-refractivity contribution is 5.96. The lowest BCUT2D eigenvalue weighted by Crippen LogP contribution is -2.42. The minimum atomic E-state index is -1.06. The predicted octanol–water partition coefficient (Wildman–Crippen LogP) is 3.33. The molecule has 9 heteroatoms. The summed E-state index contributed by atoms with van der Waals surface area (Å²) in [6.45, 7) is 0.947. The Labute approximate surface area is 213 Å². The van der Waals surface area contributed by atoms with Crippen molar-refractivity contribution in [3.63, 3.8) is 0 Å². The van der Waals surface area contributed by atoms with Crippen LogP contribution in [0.5, 0.6) is 0 Å². The van der Waals surface area contributed by atoms with Gasteiger partial charge in [-0.05, 0) is 47.9 Å². The quantitative estimate of drug-likeness (QED) is 0.296. The molecular formula is C28H27N5O4. The number of imidazole rings is 1. The van der Waals surface area contributed by atoms with Gasteiger partial charge in [0.25, 0.3) is 5.91 Å². The van der Waals surface area contributed by atoms with Gasteiger partial charge in [-0.1, -0.05) is 42.5 Å². The fourth-order valence-electron chi connectivity index (χ4n) is 4.53. The minimum absolute atomic E-state index is 0.241. The van der Waals surface area contributed by atoms with E-state index in [-0.39, 0.29) is 31.3 Å². The molecule has 0 fully saturated rings. The zero-order valence-electron chi connectivity index (χ0n) is 20.1. The molecule has 4 aromatic rings. The molecule has 9 nitrogen and oxygen atoms in total. The maximum Gasteiger partial charge on any atom is 0.305 e. The zero-order valence-corrected chi connectivity index (χ0v) is 20.1. The molecule has 0 saturated carbocycles. The number of hydrogen-bond acceptors (Lipinski definition) is 5. The van der Waals surface area contributed by atoms with E-state index in [1.54, 1.807) is 23.1 Å². The van der Waals surface area contributed by atoms with Crippen LogP contribution in [0.3, 0.4) is 0 Å². The third-order valence-electron chi connectivity index (χ3n) is 6.41. The van der Waals surface area contributed by atoms with Gasteiger partial charge in [-0.15, -0.1) is 0 Å². The third kappa shape index (κ3) is 5.61. The topological polar surface area (TPSA) is 127 Å². The lowest BCUT2D eigenvalue weighted by Gasteiger charge is -2.24. The van der Waals surface area contributed by atoms with Gasteiger partial charge in [0, 0.05) is 24.3 Å². The smallest absolute Gasteiger partial charge is 0.305 e. The SMILES string of the molecule is O=C(O)CC1Nc2ccc(C(=O)NCc3nc4ccccc4[nH]3)cc2CN(CCc2ccccc2)C1=O. The van der Waals surface area contributed by atoms with Gasteiger partial charge < -0.3 is 25.6 Å². The highest BCUT2D eigenvalue weighted by Gasteiger charge is 2.31. The van der Waals surface area contributed by atoms with Crippen LogP contribution in [0.4, 0.5) is 5.69 Å². The van der Waals surface area contributed by atoms with Crippen LogP contribution in [0.2, 0.25) is 0 Å². The Morgan fingerprint density at radius 3 is 2.62 bits per heavy atom. The number of rotatable bonds is 8. The maximum atomic E-state index is 13.2. The molecule has 2 amide bonds. The number of H-pyrrole nitrogens is 1. The van der Waals surface area contributed by atoms with E-state index < -0.39 is 12.0 Å². The van der Waals surface area contributed by atoms with E-state index in [0.29, 0.717) is 30.0 Å². The van der Waals surface area contributed by atoms with Crippen molar-refractivity contribution in [2.45, 2.75) is 32.0 Å². The van der Waals surface area contributed by atoms with Gasteiger partial charge in [-0.3, -0.25) is 14.4 Å². The molecule has 2 heterocycles. The molecule has 188 valence electrons. The second-order valence-electron chi connectivity index (χ2n) is 9.05. The average molecular weight is 498 g/mol. The summed E-state index contributed by atoms with van der Waals surface area (Å²) < 4.78 is 0. The zero-order chi connectivity index (χ0) is 25.8. The molecule has 1 aromatic heterocycles. The van der Waals surface area contributed by atoms with Gasteiger partial charge in [0.1, 0.15) is 11.9 Å². The molecule has 0 spiro atoms. The van der Waals surface area contributed by atoms with Crippen LogP contribution in [0, 0.1) is 0 Å². The Kier molecular flexibility index (Phi) is 6.85. The summed E-state index contributed by atoms with van der Waals surface area (Å²) >= 11 is 0. The maximum absolute atomic E-state index is 13.2. The van der Waals surface area contributed by atoms with E-state index in [9.17, 15) is 19.5 Å². The van der Waals surface area contributed by atoms with E-state index in [1.807, 2.05) is 54.6 Å². The van der Waals surface area contributed by atoms with Crippen LogP contribution in [0.25, 0.3) is 11.0 Å². The van der Waals surface area contributed by atoms with Crippen molar-refractivity contribution >= 4 is 34.5 Å². The van der Waals surface area contributed by atoms with E-state index >= 15 is 0 Å². The number of amides is 2. The van der Waals surface area contributed by atoms with Crippen LogP contribution in [0.1, 0.15) is 33.7 Å². The molecule has 1 aliphatic heterocycles. The molecule has 0 saturated heterocycles. The van der Waals surface area contributed by atoms with Crippen LogP contribution in [-0.4, -0.2) is 50.3 Å². The molecule has 1 aliphatic rings. The first-order chi connectivity index (χ1) is 18.0. The molecule has 37 heavy (non-hydrogen) atoms. The van der Waals surface area contributed by atoms with Gasteiger partial charge in [0.2, 0.25) is 5.91 Å². The number of fused-ring (bicyclic) bond motifs is 2. The van der Waals surface area contributed by atoms with Gasteiger partial charge >= 0.3 is 5.97 Å². The Hall–Kier alpha value is -4.66. The second-order valence-corrected chi connectivity index (χ2v) is 9.05. The van der Waals surface area contributed by atoms with Crippen molar-refractivity contribution in [3.05, 3.63) is 95.3 Å². The van der Waals surface area contributed by atoms with Crippen molar-refractivity contribution in [1.29, 1.82) is 0 Å². The lowest BCUT2D eigenvalue weighted by molar-refractivity contribution is -0.141. The summed E-state index contributed by atoms with van der Waals surface area (Å²) in [5.41, 5.74) is 4.67. The van der Waals surface area contributed by atoms with E-state index in [4.69, 9.17) is 0 Å². The number of carboxylic acid groups (broad SMARTS) is 1. The largest absolute Gasteiger partial charge is 0.481 e. The van der Waals surface area contributed by atoms with Gasteiger partial charge in [0.15, 0.2) is 0 Å². The van der Waals surface area contributed by atoms with E-state index in [2.05, 4.69) is 20.6 Å². The molecule has 3 aromatic carbocycles. The fraction of sp³-hybridized carbons (Fsp3) is 0.214. The Balaban J connectivity index is 1.33. The van der Waals surface area contributed by atoms with Crippen molar-refractivity contribution in [2.75, 3.05) is 11.9 Å². The van der Waals surface area contributed by atoms with E-state index in [0.717, 1.165) is 22.2 Å². The van der Waals surface area contributed by atoms with Crippen molar-refractivity contribution < 1.29 is 19.5 Å². The first-order valence-corrected chi connectivity index (χ1v) is 12.1. The number of benzene rings is 3. The Morgan fingerprint density at radius 2 is 1.84 bits per heavy atom. The number of carboxylic acids is 1. The van der Waals surface area contributed by atoms with Gasteiger partial charge in [-0.25, -0.2) is 4.98 Å². The van der Waals surface area contributed by atoms with E-state index in [1.165, 1.54) is 0 Å². The number of hydrogen-bond donors (Lipinski definition) is 4. The summed E-state index contributed by atoms with van der Waals surface area (Å²) in [4.78, 5) is 47.0. The van der Waals surface area contributed by atoms with Crippen LogP contribution >= 0.6 is 0 Å². The standard InChI is InChI=1S/C28H27N5O4/c34-26(35)15-24-28(37)33(13-12-18-6-2-1-3-7-18)17-20-14-19(10-11-21(20)30-24)27(36)29-16-25-31-22-8-4-5-9-23(22)32-25/h1-11,14,24,30H,12-13,15-17H2,(H,29,36)(H,31,32)(H,34,35). The summed E-state index contributed by atoms with van der Waals surface area (Å²) in [5.74, 6) is -0.943. The van der Waals surface area contributed by atoms with Crippen molar-refractivity contribution in [1.82, 2.24) is 20.2 Å². The number of anilines is 1. The number of aromatic amines is 1. The number of aromatic nitrogens is 2. The molecule has 5 rings (SSSR count). The molecule has 0 bridgehead atoms. The van der Waals surface area contributed by atoms with Crippen LogP contribution in [0.15, 0.2) is 72.8 Å². The molecule has 4 N–H and O–H groups in total. The highest BCUT2D eigenvalue weighted by Crippen LogP contribution is 2.26. The minimum Gasteiger partial charge on any atom is -0.481 e. The summed E-state index contributed by atoms with van der Waals surface area (Å²) in [7, 11) is 0. The number of nitrogens with one attached hydrogen (secondary N) is 3. The highest BCUT2D eigenvalue weighted by atomic mass is 16.4. The van der Waals surface area contributed by atoms with Crippen LogP contribution in [-0.2, 0) is 29.1 Å². The first-order valence-electron chi connectivity index (χ1n) is 12.1. The van der Waals surface area contributed by atoms with Crippen molar-refractivity contribution in [2.24, 2.45) is 0 Å². The fourth-order valence-corrected chi connectivity index (χ4v) is 4.53. The average Bonchev–Trinajstić information content (AvgIpc) is 3.27.